The van der Waals surface area contributed by atoms with E-state index in [1.54, 1.807) is 0 Å². The molecule has 0 saturated carbocycles. The molecule has 0 aliphatic heterocycles. The average Bonchev–Trinajstić information content (AvgIpc) is 2.20. The fourth-order valence-corrected chi connectivity index (χ4v) is 1.65. The number of hydrogen-bond donors (Lipinski definition) is 0. The van der Waals surface area contributed by atoms with Gasteiger partial charge in [0.2, 0.25) is 0 Å². The van der Waals surface area contributed by atoms with Gasteiger partial charge in [-0.25, -0.2) is 0 Å². The van der Waals surface area contributed by atoms with Crippen LogP contribution in [0.3, 0.4) is 0 Å². The van der Waals surface area contributed by atoms with Gasteiger partial charge >= 0.3 is 0 Å². The zero-order chi connectivity index (χ0) is 10.6. The maximum absolute atomic E-state index is 5.79. The summed E-state index contributed by atoms with van der Waals surface area (Å²) in [6.07, 6.45) is 0. The summed E-state index contributed by atoms with van der Waals surface area (Å²) in [7, 11) is 2.09. The van der Waals surface area contributed by atoms with Crippen molar-refractivity contribution in [2.75, 3.05) is 12.9 Å². The fourth-order valence-electron chi connectivity index (χ4n) is 1.15. The van der Waals surface area contributed by atoms with Gasteiger partial charge in [-0.2, -0.15) is 0 Å². The molecule has 1 rings (SSSR count). The Labute approximate surface area is 99.2 Å². The summed E-state index contributed by atoms with van der Waals surface area (Å²) in [5, 5.41) is 0. The topological polar surface area (TPSA) is 3.24 Å². The van der Waals surface area contributed by atoms with Crippen LogP contribution in [0, 0.1) is 0 Å². The summed E-state index contributed by atoms with van der Waals surface area (Å²) in [5.41, 5.74) is 1.31. The van der Waals surface area contributed by atoms with E-state index in [0.717, 1.165) is 11.0 Å². The van der Waals surface area contributed by atoms with E-state index >= 15 is 0 Å². The van der Waals surface area contributed by atoms with Crippen molar-refractivity contribution in [1.29, 1.82) is 0 Å². The minimum absolute atomic E-state index is 0.417. The Morgan fingerprint density at radius 1 is 1.36 bits per heavy atom. The number of rotatable bonds is 4. The second kappa shape index (κ2) is 5.74. The van der Waals surface area contributed by atoms with Crippen molar-refractivity contribution in [1.82, 2.24) is 4.90 Å². The zero-order valence-electron chi connectivity index (χ0n) is 8.50. The van der Waals surface area contributed by atoms with E-state index in [0.29, 0.717) is 11.9 Å². The lowest BCUT2D eigenvalue weighted by Crippen LogP contribution is -2.29. The molecule has 0 heterocycles. The van der Waals surface area contributed by atoms with Crippen molar-refractivity contribution in [3.63, 3.8) is 0 Å². The van der Waals surface area contributed by atoms with E-state index in [9.17, 15) is 0 Å². The Morgan fingerprint density at radius 2 is 1.93 bits per heavy atom. The van der Waals surface area contributed by atoms with Crippen molar-refractivity contribution >= 4 is 27.5 Å². The zero-order valence-corrected chi connectivity index (χ0v) is 10.8. The van der Waals surface area contributed by atoms with Crippen LogP contribution in [0.15, 0.2) is 28.7 Å². The number of benzene rings is 1. The van der Waals surface area contributed by atoms with Crippen molar-refractivity contribution in [2.45, 2.75) is 19.5 Å². The largest absolute Gasteiger partial charge is 0.298 e. The molecule has 78 valence electrons. The maximum Gasteiger partial charge on any atom is 0.0376 e. The highest BCUT2D eigenvalue weighted by molar-refractivity contribution is 9.10. The van der Waals surface area contributed by atoms with Gasteiger partial charge in [0.25, 0.3) is 0 Å². The molecule has 1 aromatic carbocycles. The lowest BCUT2D eigenvalue weighted by Gasteiger charge is -2.22. The van der Waals surface area contributed by atoms with E-state index < -0.39 is 0 Å². The van der Waals surface area contributed by atoms with E-state index in [1.165, 1.54) is 5.56 Å². The van der Waals surface area contributed by atoms with Gasteiger partial charge in [0.05, 0.1) is 0 Å². The lowest BCUT2D eigenvalue weighted by molar-refractivity contribution is 0.268. The predicted octanol–water partition coefficient (Wildman–Crippen LogP) is 3.51. The fraction of sp³-hybridized carbons (Fsp3) is 0.455. The highest BCUT2D eigenvalue weighted by Crippen LogP contribution is 2.12. The molecule has 1 nitrogen and oxygen atoms in total. The molecule has 0 radical (unpaired) electrons. The van der Waals surface area contributed by atoms with Gasteiger partial charge in [-0.05, 0) is 31.7 Å². The highest BCUT2D eigenvalue weighted by atomic mass is 79.9. The van der Waals surface area contributed by atoms with Gasteiger partial charge in [-0.3, -0.25) is 4.90 Å². The van der Waals surface area contributed by atoms with Gasteiger partial charge in [0.15, 0.2) is 0 Å². The average molecular weight is 277 g/mol. The third-order valence-electron chi connectivity index (χ3n) is 2.32. The number of alkyl halides is 1. The Hall–Kier alpha value is -0.0500. The van der Waals surface area contributed by atoms with Crippen molar-refractivity contribution in [3.8, 4) is 0 Å². The molecule has 0 fully saturated rings. The minimum Gasteiger partial charge on any atom is -0.298 e. The smallest absolute Gasteiger partial charge is 0.0376 e. The van der Waals surface area contributed by atoms with E-state index in [4.69, 9.17) is 11.6 Å². The number of halogens is 2. The molecule has 0 N–H and O–H groups in total. The van der Waals surface area contributed by atoms with E-state index in [1.807, 2.05) is 0 Å². The van der Waals surface area contributed by atoms with Crippen molar-refractivity contribution in [2.24, 2.45) is 0 Å². The summed E-state index contributed by atoms with van der Waals surface area (Å²) in [6, 6.07) is 8.80. The summed E-state index contributed by atoms with van der Waals surface area (Å²) in [5.74, 6) is 0.674. The van der Waals surface area contributed by atoms with Crippen LogP contribution in [-0.2, 0) is 6.54 Å². The van der Waals surface area contributed by atoms with Crippen molar-refractivity contribution < 1.29 is 0 Å². The lowest BCUT2D eigenvalue weighted by atomic mass is 10.2. The molecule has 1 unspecified atom stereocenters. The monoisotopic (exact) mass is 275 g/mol. The molecule has 0 aliphatic rings. The second-order valence-electron chi connectivity index (χ2n) is 3.54. The first-order chi connectivity index (χ1) is 6.63. The molecule has 1 atom stereocenters. The molecule has 0 saturated heterocycles. The van der Waals surface area contributed by atoms with E-state index in [-0.39, 0.29) is 0 Å². The third kappa shape index (κ3) is 3.60. The van der Waals surface area contributed by atoms with Crippen LogP contribution in [0.5, 0.6) is 0 Å². The molecule has 0 bridgehead atoms. The van der Waals surface area contributed by atoms with Crippen LogP contribution in [0.25, 0.3) is 0 Å². The summed E-state index contributed by atoms with van der Waals surface area (Å²) >= 11 is 9.21. The minimum atomic E-state index is 0.417. The van der Waals surface area contributed by atoms with Crippen LogP contribution in [0.1, 0.15) is 12.5 Å². The Bertz CT molecular complexity index is 273. The van der Waals surface area contributed by atoms with Gasteiger partial charge < -0.3 is 0 Å². The molecule has 0 aliphatic carbocycles. The Kier molecular flexibility index (Phi) is 4.93. The van der Waals surface area contributed by atoms with Gasteiger partial charge in [-0.15, -0.1) is 11.6 Å². The van der Waals surface area contributed by atoms with Crippen LogP contribution in [0.2, 0.25) is 0 Å². The van der Waals surface area contributed by atoms with Gasteiger partial charge in [0.1, 0.15) is 0 Å². The molecule has 0 spiro atoms. The predicted molar refractivity (Wildman–Crippen MR) is 65.8 cm³/mol. The first-order valence-corrected chi connectivity index (χ1v) is 5.97. The quantitative estimate of drug-likeness (QED) is 0.761. The van der Waals surface area contributed by atoms with Crippen LogP contribution in [0.4, 0.5) is 0 Å². The molecule has 0 amide bonds. The molecular weight excluding hydrogens is 261 g/mol. The van der Waals surface area contributed by atoms with Crippen LogP contribution in [-0.4, -0.2) is 23.9 Å². The summed E-state index contributed by atoms with van der Waals surface area (Å²) in [4.78, 5) is 2.25. The first-order valence-electron chi connectivity index (χ1n) is 4.64. The Morgan fingerprint density at radius 3 is 2.43 bits per heavy atom. The first kappa shape index (κ1) is 12.0. The second-order valence-corrected chi connectivity index (χ2v) is 4.77. The SMILES string of the molecule is CC(CCl)N(C)Cc1ccc(Br)cc1. The molecule has 1 aromatic rings. The van der Waals surface area contributed by atoms with E-state index in [2.05, 4.69) is 59.1 Å². The number of hydrogen-bond acceptors (Lipinski definition) is 1. The van der Waals surface area contributed by atoms with Crippen molar-refractivity contribution in [3.05, 3.63) is 34.3 Å². The molecule has 0 aromatic heterocycles. The maximum atomic E-state index is 5.79. The van der Waals surface area contributed by atoms with Crippen LogP contribution >= 0.6 is 27.5 Å². The third-order valence-corrected chi connectivity index (χ3v) is 3.30. The Balaban J connectivity index is 2.56. The van der Waals surface area contributed by atoms with Crippen LogP contribution < -0.4 is 0 Å². The van der Waals surface area contributed by atoms with Gasteiger partial charge in [0, 0.05) is 22.9 Å². The highest BCUT2D eigenvalue weighted by Gasteiger charge is 2.07. The molecular formula is C11H15BrClN. The summed E-state index contributed by atoms with van der Waals surface area (Å²) in [6.45, 7) is 3.08. The van der Waals surface area contributed by atoms with Gasteiger partial charge in [-0.1, -0.05) is 28.1 Å². The normalized spacial score (nSPS) is 13.2. The number of nitrogens with zero attached hydrogens (tertiary/aromatic N) is 1. The molecule has 3 heteroatoms. The standard InChI is InChI=1S/C11H15BrClN/c1-9(7-13)14(2)8-10-3-5-11(12)6-4-10/h3-6,9H,7-8H2,1-2H3. The molecule has 14 heavy (non-hydrogen) atoms. The summed E-state index contributed by atoms with van der Waals surface area (Å²) < 4.78 is 1.12.